The predicted molar refractivity (Wildman–Crippen MR) is 658 cm³/mol. The first-order chi connectivity index (χ1) is 53.5. The van der Waals surface area contributed by atoms with Gasteiger partial charge in [0, 0.05) is 10.3 Å². The molecular formula is C101H244BrCl4MgN15P8SiTi4. The minimum absolute atomic E-state index is 0. The third kappa shape index (κ3) is 61.2. The van der Waals surface area contributed by atoms with E-state index in [1.807, 2.05) is 0 Å². The van der Waals surface area contributed by atoms with Gasteiger partial charge in [0.2, 0.25) is 0 Å². The van der Waals surface area contributed by atoms with E-state index >= 15 is 0 Å². The summed E-state index contributed by atoms with van der Waals surface area (Å²) in [5, 5.41) is 69.4. The van der Waals surface area contributed by atoms with Crippen molar-refractivity contribution >= 4 is 126 Å². The molecule has 0 saturated heterocycles. The number of nitrogens with one attached hydrogen (secondary N) is 1. The van der Waals surface area contributed by atoms with Crippen LogP contribution in [0, 0.1) is 34.9 Å². The smallest absolute Gasteiger partial charge is 2.00 e. The van der Waals surface area contributed by atoms with Gasteiger partial charge in [-0.25, -0.2) is 0 Å². The number of hydrogen-bond acceptors (Lipinski definition) is 1. The molecule has 0 saturated carbocycles. The third-order valence-electron chi connectivity index (χ3n) is 20.3. The third-order valence-corrected chi connectivity index (χ3v) is 67.1. The van der Waals surface area contributed by atoms with E-state index in [1.54, 1.807) is 98.7 Å². The van der Waals surface area contributed by atoms with Gasteiger partial charge in [0.05, 0.1) is 7.21 Å². The van der Waals surface area contributed by atoms with Gasteiger partial charge >= 0.3 is 131 Å². The fourth-order valence-electron chi connectivity index (χ4n) is 19.6. The molecular weight excluding hydrogens is 2140 g/mol. The van der Waals surface area contributed by atoms with Crippen LogP contribution in [0.2, 0.25) is 19.6 Å². The maximum atomic E-state index is 12.1. The van der Waals surface area contributed by atoms with Gasteiger partial charge < -0.3 is 113 Å². The molecule has 0 bridgehead atoms. The normalized spacial score (nSPS) is 13.2. The Balaban J connectivity index is -0.0000000559. The van der Waals surface area contributed by atoms with Crippen molar-refractivity contribution in [1.82, 2.24) is 0 Å². The van der Waals surface area contributed by atoms with Crippen LogP contribution < -0.4 is 17.0 Å². The van der Waals surface area contributed by atoms with Crippen molar-refractivity contribution in [2.24, 2.45) is 18.1 Å². The second-order valence-corrected chi connectivity index (χ2v) is 109. The van der Waals surface area contributed by atoms with Gasteiger partial charge in [-0.1, -0.05) is 435 Å². The Morgan fingerprint density at radius 2 is 0.274 bits per heavy atom. The van der Waals surface area contributed by atoms with Gasteiger partial charge in [-0.05, 0) is 121 Å². The molecule has 0 rings (SSSR count). The van der Waals surface area contributed by atoms with Gasteiger partial charge in [-0.3, -0.25) is 9.68 Å². The molecule has 0 aromatic rings. The van der Waals surface area contributed by atoms with E-state index < -0.39 is 79.1 Å². The van der Waals surface area contributed by atoms with Gasteiger partial charge in [-0.15, -0.1) is 21.6 Å². The Morgan fingerprint density at radius 1 is 0.215 bits per heavy atom. The minimum Gasteiger partial charge on any atom is 2.00 e. The largest absolute Gasteiger partial charge is 4.00 e. The van der Waals surface area contributed by atoms with E-state index in [-0.39, 0.29) is 238 Å². The molecule has 34 heteroatoms. The number of hydrogen-bond donors (Lipinski definition) is 1. The van der Waals surface area contributed by atoms with Crippen LogP contribution in [-0.2, 0) is 79.8 Å². The van der Waals surface area contributed by atoms with Crippen LogP contribution in [0.25, 0.3) is 52.7 Å². The summed E-state index contributed by atoms with van der Waals surface area (Å²) in [6.07, 6.45) is 0. The molecule has 0 aliphatic carbocycles. The van der Waals surface area contributed by atoms with Crippen LogP contribution in [0.4, 0.5) is 0 Å². The van der Waals surface area contributed by atoms with E-state index in [0.29, 0.717) is 0 Å². The van der Waals surface area contributed by atoms with E-state index in [1.165, 1.54) is 0 Å². The Labute approximate surface area is 955 Å². The summed E-state index contributed by atoms with van der Waals surface area (Å²) in [4.78, 5) is 0. The average Bonchev–Trinajstić information content (AvgIpc) is 0.720. The molecule has 0 atom stereocenters. The minimum atomic E-state index is -2.57. The molecule has 1 N–H and O–H groups in total. The fourth-order valence-corrected chi connectivity index (χ4v) is 79.5. The first-order valence-corrected chi connectivity index (χ1v) is 70.2. The Hall–Kier alpha value is 7.04. The SMILES string of the molecule is CC(C)(C)P(=N)(N=P(C(C)(C)C)(C(C)(C)C)C(C)(C)C)C(C)(C)C.CC(C)(C)P(=[N-])(N=P(C(C)(C)C)(C(C)(C)C)C(C)(C)C)C(C)(C)C.CC(C)(C)P(=[N-])(N=P(C(C)(C)C)(C(C)(C)C)C(C)(C)C)C(C)(C)C.CC(C)(C)P(=[N-])(N=P(C(C)(C)C)(C(C)(C)C)C(C)(C)C)C(C)(C)C.C[N-]C.C[N-]C.C[N-]C.C[N-]C.C[N-]C.C[N-]C.C[N-]C.C[Si](C)(C)Cl.[Br-].[CH3-].[CH3-].[CH3-].[CH3-].[Cl][Ti+]([Cl])[Cl].[Mg+2].[Ti+4].[Ti+4].[Ti+4]. The predicted octanol–water partition coefficient (Wildman–Crippen LogP) is 42.4. The second kappa shape index (κ2) is 72.7. The fraction of sp³-hybridized carbons (Fsp3) is 0.960. The molecule has 0 radical (unpaired) electrons. The topological polar surface area (TPSA) is 239 Å². The van der Waals surface area contributed by atoms with Gasteiger partial charge in [0.25, 0.3) is 0 Å². The zero-order valence-corrected chi connectivity index (χ0v) is 127. The zero-order chi connectivity index (χ0) is 108. The first kappa shape index (κ1) is 196. The number of halogens is 5. The van der Waals surface area contributed by atoms with Gasteiger partial charge in [0.15, 0.2) is 0 Å². The Morgan fingerprint density at radius 3 is 0.319 bits per heavy atom. The van der Waals surface area contributed by atoms with Gasteiger partial charge in [0.1, 0.15) is 7.38 Å². The molecule has 0 aromatic carbocycles. The van der Waals surface area contributed by atoms with Gasteiger partial charge in [-0.2, -0.15) is 110 Å². The molecule has 0 unspecified atom stereocenters. The van der Waals surface area contributed by atoms with Crippen molar-refractivity contribution in [2.75, 3.05) is 98.7 Å². The molecule has 15 nitrogen and oxygen atoms in total. The van der Waals surface area contributed by atoms with Crippen LogP contribution in [0.5, 0.6) is 0 Å². The molecule has 820 valence electrons. The molecule has 135 heavy (non-hydrogen) atoms. The molecule has 0 aliphatic heterocycles. The molecule has 0 aliphatic rings. The summed E-state index contributed by atoms with van der Waals surface area (Å²) in [6.45, 7) is 143. The summed E-state index contributed by atoms with van der Waals surface area (Å²) in [6, 6.07) is 0. The molecule has 0 heterocycles. The average molecular weight is 2380 g/mol. The van der Waals surface area contributed by atoms with Crippen molar-refractivity contribution in [2.45, 2.75) is 538 Å². The number of rotatable bonds is 4. The zero-order valence-electron chi connectivity index (χ0n) is 106. The van der Waals surface area contributed by atoms with E-state index in [0.717, 1.165) is 0 Å². The Kier molecular flexibility index (Phi) is 106. The standard InChI is InChI=1S/C20H46N2P2.3C20H45N2P2.C3H9ClSi.7C2H6N.4CH3.BrH.3ClH.Mg.4Ti/c4*1-16(2,3)23(17(4,5)6,18(7,8)9)22-24(21,19(10,11)12)20(13,14)15;1-5(2,3)4;7*1-3-2;;;;;;;;;;;;;/h21H,1-15H3;3*1-15H3;1-3H3;7*1-2H3;4*1H3;4*1H;;;;;/q;3*-1;;11*-1;;;;;+2;4*+4/p-4. The van der Waals surface area contributed by atoms with Crippen molar-refractivity contribution < 1.29 is 96.8 Å². The molecule has 0 fully saturated rings. The molecule has 0 spiro atoms. The summed E-state index contributed by atoms with van der Waals surface area (Å²) >= 11 is 3.75. The van der Waals surface area contributed by atoms with Crippen LogP contribution in [0.1, 0.15) is 415 Å². The van der Waals surface area contributed by atoms with E-state index in [9.17, 15) is 20.6 Å². The van der Waals surface area contributed by atoms with Crippen LogP contribution >= 0.6 is 96.0 Å². The summed E-state index contributed by atoms with van der Waals surface area (Å²) in [7, 11) is 20.5. The van der Waals surface area contributed by atoms with E-state index in [4.69, 9.17) is 57.1 Å². The van der Waals surface area contributed by atoms with Crippen LogP contribution in [0.15, 0.2) is 18.1 Å². The summed E-state index contributed by atoms with van der Waals surface area (Å²) in [5.74, 6) is 0. The quantitative estimate of drug-likeness (QED) is 0.120. The maximum Gasteiger partial charge on any atom is 4.00 e. The van der Waals surface area contributed by atoms with Crippen LogP contribution in [-0.4, -0.2) is 232 Å². The van der Waals surface area contributed by atoms with E-state index in [2.05, 4.69) is 472 Å². The second-order valence-electron chi connectivity index (χ2n) is 54.2. The Bertz CT molecular complexity index is 2740. The number of nitrogens with zero attached hydrogens (tertiary/aromatic N) is 14. The summed E-state index contributed by atoms with van der Waals surface area (Å²) < 4.78 is 22.8. The maximum absolute atomic E-state index is 12.1. The molecule has 0 aromatic heterocycles. The molecule has 0 amide bonds. The van der Waals surface area contributed by atoms with Crippen molar-refractivity contribution in [3.8, 4) is 0 Å². The summed E-state index contributed by atoms with van der Waals surface area (Å²) in [5.41, 5.74) is 0. The van der Waals surface area contributed by atoms with Crippen molar-refractivity contribution in [3.63, 3.8) is 0 Å². The first-order valence-electron chi connectivity index (χ1n) is 45.4. The van der Waals surface area contributed by atoms with Crippen molar-refractivity contribution in [1.29, 1.82) is 5.16 Å². The van der Waals surface area contributed by atoms with Crippen molar-refractivity contribution in [3.05, 3.63) is 82.4 Å². The monoisotopic (exact) mass is 2380 g/mol. The van der Waals surface area contributed by atoms with Crippen LogP contribution in [0.3, 0.4) is 0 Å².